The van der Waals surface area contributed by atoms with E-state index in [9.17, 15) is 9.18 Å². The van der Waals surface area contributed by atoms with E-state index < -0.39 is 0 Å². The maximum Gasteiger partial charge on any atom is 0.243 e. The summed E-state index contributed by atoms with van der Waals surface area (Å²) in [7, 11) is 0. The molecule has 0 aliphatic carbocycles. The van der Waals surface area contributed by atoms with E-state index >= 15 is 0 Å². The molecule has 110 valence electrons. The third kappa shape index (κ3) is 4.31. The lowest BCUT2D eigenvalue weighted by atomic mass is 10.1. The van der Waals surface area contributed by atoms with Crippen LogP contribution in [-0.2, 0) is 11.2 Å². The van der Waals surface area contributed by atoms with Gasteiger partial charge >= 0.3 is 0 Å². The van der Waals surface area contributed by atoms with E-state index in [0.29, 0.717) is 5.69 Å². The van der Waals surface area contributed by atoms with Crippen molar-refractivity contribution in [1.29, 1.82) is 0 Å². The van der Waals surface area contributed by atoms with Gasteiger partial charge in [-0.3, -0.25) is 4.79 Å². The van der Waals surface area contributed by atoms with Crippen LogP contribution in [0.2, 0.25) is 0 Å². The van der Waals surface area contributed by atoms with Gasteiger partial charge in [0.1, 0.15) is 5.82 Å². The third-order valence-corrected chi connectivity index (χ3v) is 3.18. The summed E-state index contributed by atoms with van der Waals surface area (Å²) in [6.45, 7) is 3.90. The molecule has 0 saturated heterocycles. The van der Waals surface area contributed by atoms with Crippen molar-refractivity contribution < 1.29 is 9.18 Å². The number of rotatable bonds is 5. The second-order valence-electron chi connectivity index (χ2n) is 4.94. The highest BCUT2D eigenvalue weighted by atomic mass is 19.1. The van der Waals surface area contributed by atoms with Crippen molar-refractivity contribution in [2.24, 2.45) is 0 Å². The summed E-state index contributed by atoms with van der Waals surface area (Å²) in [6, 6.07) is 12.6. The van der Waals surface area contributed by atoms with Crippen LogP contribution in [0, 0.1) is 12.7 Å². The Hall–Kier alpha value is -2.36. The van der Waals surface area contributed by atoms with Crippen molar-refractivity contribution in [3.8, 4) is 0 Å². The van der Waals surface area contributed by atoms with Gasteiger partial charge in [-0.2, -0.15) is 0 Å². The molecule has 4 heteroatoms. The van der Waals surface area contributed by atoms with Crippen LogP contribution in [-0.4, -0.2) is 12.5 Å². The topological polar surface area (TPSA) is 41.1 Å². The molecule has 0 aromatic heterocycles. The van der Waals surface area contributed by atoms with E-state index in [-0.39, 0.29) is 18.3 Å². The second kappa shape index (κ2) is 6.88. The number of carbonyl (C=O) groups excluding carboxylic acids is 1. The molecule has 0 aliphatic rings. The van der Waals surface area contributed by atoms with Crippen LogP contribution in [0.1, 0.15) is 18.1 Å². The van der Waals surface area contributed by atoms with E-state index in [2.05, 4.69) is 17.6 Å². The summed E-state index contributed by atoms with van der Waals surface area (Å²) in [5.41, 5.74) is 3.09. The number of anilines is 2. The molecule has 0 fully saturated rings. The molecule has 0 saturated carbocycles. The number of halogens is 1. The number of carbonyl (C=O) groups is 1. The van der Waals surface area contributed by atoms with Gasteiger partial charge in [-0.15, -0.1) is 0 Å². The van der Waals surface area contributed by atoms with E-state index in [4.69, 9.17) is 0 Å². The fourth-order valence-electron chi connectivity index (χ4n) is 2.01. The van der Waals surface area contributed by atoms with Crippen LogP contribution < -0.4 is 10.6 Å². The first-order chi connectivity index (χ1) is 10.1. The summed E-state index contributed by atoms with van der Waals surface area (Å²) in [5.74, 6) is -0.556. The molecule has 0 atom stereocenters. The van der Waals surface area contributed by atoms with Crippen molar-refractivity contribution in [1.82, 2.24) is 0 Å². The molecule has 2 N–H and O–H groups in total. The Morgan fingerprint density at radius 1 is 1.19 bits per heavy atom. The molecule has 21 heavy (non-hydrogen) atoms. The number of hydrogen-bond acceptors (Lipinski definition) is 2. The van der Waals surface area contributed by atoms with Gasteiger partial charge < -0.3 is 10.6 Å². The lowest BCUT2D eigenvalue weighted by molar-refractivity contribution is -0.114. The Kier molecular flexibility index (Phi) is 4.93. The lowest BCUT2D eigenvalue weighted by Crippen LogP contribution is -2.22. The fourth-order valence-corrected chi connectivity index (χ4v) is 2.01. The fraction of sp³-hybridized carbons (Fsp3) is 0.235. The average Bonchev–Trinajstić information content (AvgIpc) is 2.46. The van der Waals surface area contributed by atoms with Crippen molar-refractivity contribution in [3.63, 3.8) is 0 Å². The maximum absolute atomic E-state index is 13.6. The smallest absolute Gasteiger partial charge is 0.243 e. The van der Waals surface area contributed by atoms with Gasteiger partial charge in [0.25, 0.3) is 0 Å². The Balaban J connectivity index is 1.92. The first-order valence-corrected chi connectivity index (χ1v) is 6.97. The van der Waals surface area contributed by atoms with Crippen LogP contribution in [0.25, 0.3) is 0 Å². The van der Waals surface area contributed by atoms with E-state index in [1.807, 2.05) is 31.2 Å². The van der Waals surface area contributed by atoms with Crippen LogP contribution in [0.15, 0.2) is 42.5 Å². The Labute approximate surface area is 124 Å². The van der Waals surface area contributed by atoms with Crippen molar-refractivity contribution in [2.45, 2.75) is 20.3 Å². The van der Waals surface area contributed by atoms with Crippen LogP contribution in [0.3, 0.4) is 0 Å². The van der Waals surface area contributed by atoms with Gasteiger partial charge in [0, 0.05) is 5.69 Å². The highest BCUT2D eigenvalue weighted by Gasteiger charge is 2.06. The molecule has 2 rings (SSSR count). The van der Waals surface area contributed by atoms with Crippen molar-refractivity contribution in [3.05, 3.63) is 59.4 Å². The van der Waals surface area contributed by atoms with Gasteiger partial charge in [-0.1, -0.05) is 25.1 Å². The average molecular weight is 286 g/mol. The van der Waals surface area contributed by atoms with E-state index in [0.717, 1.165) is 23.2 Å². The third-order valence-electron chi connectivity index (χ3n) is 3.18. The number of hydrogen-bond donors (Lipinski definition) is 2. The highest BCUT2D eigenvalue weighted by molar-refractivity contribution is 5.93. The zero-order valence-electron chi connectivity index (χ0n) is 12.2. The molecule has 3 nitrogen and oxygen atoms in total. The molecule has 2 aromatic carbocycles. The highest BCUT2D eigenvalue weighted by Crippen LogP contribution is 2.15. The van der Waals surface area contributed by atoms with E-state index in [1.165, 1.54) is 6.07 Å². The normalized spacial score (nSPS) is 10.2. The molecule has 0 unspecified atom stereocenters. The monoisotopic (exact) mass is 286 g/mol. The predicted molar refractivity (Wildman–Crippen MR) is 84.1 cm³/mol. The first kappa shape index (κ1) is 15.0. The van der Waals surface area contributed by atoms with E-state index in [1.54, 1.807) is 12.1 Å². The quantitative estimate of drug-likeness (QED) is 0.879. The summed E-state index contributed by atoms with van der Waals surface area (Å²) >= 11 is 0. The predicted octanol–water partition coefficient (Wildman–Crippen LogP) is 3.75. The molecule has 0 bridgehead atoms. The van der Waals surface area contributed by atoms with Crippen molar-refractivity contribution in [2.75, 3.05) is 17.2 Å². The molecule has 1 amide bonds. The Bertz CT molecular complexity index is 640. The maximum atomic E-state index is 13.6. The molecule has 2 aromatic rings. The number of amides is 1. The minimum absolute atomic E-state index is 0.0241. The minimum atomic E-state index is -0.351. The van der Waals surface area contributed by atoms with Crippen LogP contribution in [0.4, 0.5) is 15.8 Å². The Morgan fingerprint density at radius 3 is 2.71 bits per heavy atom. The molecule has 0 radical (unpaired) electrons. The number of benzene rings is 2. The molecular weight excluding hydrogens is 267 g/mol. The van der Waals surface area contributed by atoms with Gasteiger partial charge in [0.2, 0.25) is 5.91 Å². The summed E-state index contributed by atoms with van der Waals surface area (Å²) < 4.78 is 13.6. The van der Waals surface area contributed by atoms with Crippen LogP contribution >= 0.6 is 0 Å². The minimum Gasteiger partial charge on any atom is -0.374 e. The number of nitrogens with one attached hydrogen (secondary N) is 2. The molecular formula is C17H19FN2O. The zero-order chi connectivity index (χ0) is 15.2. The first-order valence-electron chi connectivity index (χ1n) is 6.97. The number of aryl methyl sites for hydroxylation is 2. The van der Waals surface area contributed by atoms with Gasteiger partial charge in [-0.05, 0) is 48.7 Å². The van der Waals surface area contributed by atoms with Gasteiger partial charge in [0.05, 0.1) is 12.2 Å². The van der Waals surface area contributed by atoms with Crippen LogP contribution in [0.5, 0.6) is 0 Å². The lowest BCUT2D eigenvalue weighted by Gasteiger charge is -2.09. The Morgan fingerprint density at radius 2 is 2.00 bits per heavy atom. The van der Waals surface area contributed by atoms with Gasteiger partial charge in [-0.25, -0.2) is 4.39 Å². The molecule has 0 spiro atoms. The second-order valence-corrected chi connectivity index (χ2v) is 4.94. The standard InChI is InChI=1S/C17H19FN2O/c1-3-13-5-4-6-14(10-13)20-17(21)11-19-16-8-7-12(2)9-15(16)18/h4-10,19H,3,11H2,1-2H3,(H,20,21). The van der Waals surface area contributed by atoms with Crippen molar-refractivity contribution >= 4 is 17.3 Å². The van der Waals surface area contributed by atoms with Gasteiger partial charge in [0.15, 0.2) is 0 Å². The summed E-state index contributed by atoms with van der Waals surface area (Å²) in [4.78, 5) is 11.9. The molecule has 0 aliphatic heterocycles. The SMILES string of the molecule is CCc1cccc(NC(=O)CNc2ccc(C)cc2F)c1. The summed E-state index contributed by atoms with van der Waals surface area (Å²) in [6.07, 6.45) is 0.913. The summed E-state index contributed by atoms with van der Waals surface area (Å²) in [5, 5.41) is 5.60. The zero-order valence-corrected chi connectivity index (χ0v) is 12.2. The largest absolute Gasteiger partial charge is 0.374 e. The molecule has 0 heterocycles.